The van der Waals surface area contributed by atoms with Crippen molar-refractivity contribution in [1.29, 1.82) is 0 Å². The highest BCUT2D eigenvalue weighted by Crippen LogP contribution is 2.31. The van der Waals surface area contributed by atoms with Crippen LogP contribution in [0.25, 0.3) is 0 Å². The summed E-state index contributed by atoms with van der Waals surface area (Å²) in [4.78, 5) is 29.0. The molecule has 0 fully saturated rings. The van der Waals surface area contributed by atoms with Crippen molar-refractivity contribution in [3.05, 3.63) is 76.4 Å². The summed E-state index contributed by atoms with van der Waals surface area (Å²) in [6, 6.07) is 9.72. The van der Waals surface area contributed by atoms with Crippen LogP contribution >= 0.6 is 0 Å². The van der Waals surface area contributed by atoms with Gasteiger partial charge in [-0.1, -0.05) is 33.3 Å². The van der Waals surface area contributed by atoms with Crippen LogP contribution in [0.4, 0.5) is 20.4 Å². The van der Waals surface area contributed by atoms with Gasteiger partial charge >= 0.3 is 5.25 Å². The third kappa shape index (κ3) is 9.36. The molecule has 46 heavy (non-hydrogen) atoms. The number of carbonyl (C=O) groups is 1. The maximum atomic E-state index is 13.3. The number of aryl methyl sites for hydroxylation is 2. The van der Waals surface area contributed by atoms with Crippen LogP contribution in [-0.4, -0.2) is 45.3 Å². The van der Waals surface area contributed by atoms with E-state index in [1.165, 1.54) is 23.4 Å². The quantitative estimate of drug-likeness (QED) is 0.157. The second-order valence-corrected chi connectivity index (χ2v) is 14.8. The lowest BCUT2D eigenvalue weighted by Gasteiger charge is -2.31. The SMILES string of the molecule is CCCC(C[C@@H](C)C(C)CCC(=O)c1ccnc(CNS(=O)(=O)C(C)(F)F)c1)N1Cc2cnc(Nc3cc(C)cc(C)c3)nc2C1. The predicted molar refractivity (Wildman–Crippen MR) is 176 cm³/mol. The van der Waals surface area contributed by atoms with E-state index in [1.54, 1.807) is 6.07 Å². The Morgan fingerprint density at radius 3 is 2.43 bits per heavy atom. The van der Waals surface area contributed by atoms with E-state index in [4.69, 9.17) is 4.98 Å². The first-order chi connectivity index (χ1) is 21.6. The van der Waals surface area contributed by atoms with Gasteiger partial charge in [-0.2, -0.15) is 8.78 Å². The first-order valence-electron chi connectivity index (χ1n) is 15.9. The zero-order valence-corrected chi connectivity index (χ0v) is 28.4. The number of halogens is 2. The fraction of sp³-hybridized carbons (Fsp3) is 0.529. The second-order valence-electron chi connectivity index (χ2n) is 12.8. The van der Waals surface area contributed by atoms with Crippen LogP contribution in [0.1, 0.15) is 98.2 Å². The van der Waals surface area contributed by atoms with Crippen molar-refractivity contribution in [3.8, 4) is 0 Å². The van der Waals surface area contributed by atoms with Gasteiger partial charge in [-0.05, 0) is 80.3 Å². The van der Waals surface area contributed by atoms with Gasteiger partial charge in [0.05, 0.1) is 17.9 Å². The lowest BCUT2D eigenvalue weighted by Crippen LogP contribution is -2.37. The normalized spacial score (nSPS) is 15.7. The van der Waals surface area contributed by atoms with Crippen LogP contribution in [0.15, 0.2) is 42.7 Å². The van der Waals surface area contributed by atoms with E-state index in [0.29, 0.717) is 49.2 Å². The molecule has 3 aromatic rings. The molecular weight excluding hydrogens is 610 g/mol. The Bertz CT molecular complexity index is 1610. The molecule has 1 aliphatic heterocycles. The Morgan fingerprint density at radius 2 is 1.76 bits per heavy atom. The third-order valence-corrected chi connectivity index (χ3v) is 10.3. The summed E-state index contributed by atoms with van der Waals surface area (Å²) in [6.45, 7) is 12.3. The standard InChI is InChI=1S/C34H46F2N6O3S/c1-7-8-30(42-20-27-18-38-33(41-31(27)21-42)40-28-14-22(2)13-23(3)15-28)16-25(5)24(4)9-10-32(43)26-11-12-37-29(17-26)19-39-46(44,45)34(6,35)36/h11-15,17-18,24-25,30,39H,7-10,16,19-21H2,1-6H3,(H,38,40,41)/t24?,25-,30?/m1/s1. The van der Waals surface area contributed by atoms with Gasteiger partial charge in [0, 0.05) is 61.7 Å². The van der Waals surface area contributed by atoms with Crippen molar-refractivity contribution >= 4 is 27.4 Å². The van der Waals surface area contributed by atoms with E-state index < -0.39 is 21.8 Å². The molecule has 0 aliphatic carbocycles. The van der Waals surface area contributed by atoms with Crippen molar-refractivity contribution in [1.82, 2.24) is 24.6 Å². The zero-order valence-electron chi connectivity index (χ0n) is 27.6. The fourth-order valence-electron chi connectivity index (χ4n) is 5.95. The van der Waals surface area contributed by atoms with E-state index in [2.05, 4.69) is 73.0 Å². The number of benzene rings is 1. The van der Waals surface area contributed by atoms with E-state index in [-0.39, 0.29) is 11.5 Å². The van der Waals surface area contributed by atoms with Crippen molar-refractivity contribution < 1.29 is 22.0 Å². The van der Waals surface area contributed by atoms with Gasteiger partial charge in [0.2, 0.25) is 5.95 Å². The van der Waals surface area contributed by atoms with E-state index >= 15 is 0 Å². The minimum absolute atomic E-state index is 0.0877. The number of anilines is 2. The Hall–Kier alpha value is -3.35. The number of hydrogen-bond acceptors (Lipinski definition) is 8. The van der Waals surface area contributed by atoms with E-state index in [0.717, 1.165) is 49.3 Å². The minimum atomic E-state index is -4.83. The maximum Gasteiger partial charge on any atom is 0.356 e. The van der Waals surface area contributed by atoms with Crippen LogP contribution in [0, 0.1) is 25.7 Å². The highest BCUT2D eigenvalue weighted by Gasteiger charge is 2.39. The third-order valence-electron chi connectivity index (χ3n) is 8.79. The topological polar surface area (TPSA) is 117 Å². The summed E-state index contributed by atoms with van der Waals surface area (Å²) >= 11 is 0. The van der Waals surface area contributed by atoms with Crippen molar-refractivity contribution in [3.63, 3.8) is 0 Å². The lowest BCUT2D eigenvalue weighted by molar-refractivity contribution is 0.0964. The first-order valence-corrected chi connectivity index (χ1v) is 17.4. The summed E-state index contributed by atoms with van der Waals surface area (Å²) in [6.07, 6.45) is 7.49. The number of pyridine rings is 1. The largest absolute Gasteiger partial charge is 0.356 e. The minimum Gasteiger partial charge on any atom is -0.324 e. The van der Waals surface area contributed by atoms with Gasteiger partial charge in [-0.3, -0.25) is 14.7 Å². The van der Waals surface area contributed by atoms with E-state index in [9.17, 15) is 22.0 Å². The second kappa shape index (κ2) is 15.0. The molecule has 0 bridgehead atoms. The Balaban J connectivity index is 1.31. The zero-order chi connectivity index (χ0) is 33.6. The average molecular weight is 657 g/mol. The number of fused-ring (bicyclic) bond motifs is 1. The number of rotatable bonds is 16. The smallest absolute Gasteiger partial charge is 0.324 e. The molecule has 1 aliphatic rings. The molecule has 2 unspecified atom stereocenters. The Labute approximate surface area is 271 Å². The predicted octanol–water partition coefficient (Wildman–Crippen LogP) is 7.07. The fourth-order valence-corrected chi connectivity index (χ4v) is 6.54. The van der Waals surface area contributed by atoms with Gasteiger partial charge in [-0.15, -0.1) is 0 Å². The van der Waals surface area contributed by atoms with Crippen molar-refractivity contribution in [2.45, 2.75) is 105 Å². The summed E-state index contributed by atoms with van der Waals surface area (Å²) in [5.41, 5.74) is 6.15. The Kier molecular flexibility index (Phi) is 11.6. The number of ketones is 1. The molecule has 250 valence electrons. The van der Waals surface area contributed by atoms with Gasteiger partial charge in [0.15, 0.2) is 5.78 Å². The summed E-state index contributed by atoms with van der Waals surface area (Å²) in [7, 11) is -4.83. The first kappa shape index (κ1) is 35.5. The highest BCUT2D eigenvalue weighted by atomic mass is 32.2. The number of sulfonamides is 1. The molecule has 0 saturated carbocycles. The molecule has 0 amide bonds. The van der Waals surface area contributed by atoms with Gasteiger partial charge in [0.1, 0.15) is 0 Å². The van der Waals surface area contributed by atoms with Gasteiger partial charge < -0.3 is 5.32 Å². The number of Topliss-reactive ketones (excluding diaryl/α,β-unsaturated/α-hetero) is 1. The monoisotopic (exact) mass is 656 g/mol. The number of hydrogen-bond donors (Lipinski definition) is 2. The molecule has 1 aromatic carbocycles. The highest BCUT2D eigenvalue weighted by molar-refractivity contribution is 7.90. The molecule has 2 aromatic heterocycles. The number of alkyl halides is 2. The Morgan fingerprint density at radius 1 is 1.04 bits per heavy atom. The van der Waals surface area contributed by atoms with Gasteiger partial charge in [0.25, 0.3) is 10.0 Å². The van der Waals surface area contributed by atoms with Crippen LogP contribution in [0.2, 0.25) is 0 Å². The van der Waals surface area contributed by atoms with Gasteiger partial charge in [-0.25, -0.2) is 23.1 Å². The molecule has 0 spiro atoms. The lowest BCUT2D eigenvalue weighted by atomic mass is 9.84. The molecule has 2 N–H and O–H groups in total. The maximum absolute atomic E-state index is 13.3. The summed E-state index contributed by atoms with van der Waals surface area (Å²) < 4.78 is 51.8. The van der Waals surface area contributed by atoms with Crippen molar-refractivity contribution in [2.75, 3.05) is 5.32 Å². The molecule has 0 radical (unpaired) electrons. The number of nitrogens with zero attached hydrogens (tertiary/aromatic N) is 4. The number of aromatic nitrogens is 3. The van der Waals surface area contributed by atoms with E-state index in [1.807, 2.05) is 10.9 Å². The number of nitrogens with one attached hydrogen (secondary N) is 2. The number of carbonyl (C=O) groups excluding carboxylic acids is 1. The van der Waals surface area contributed by atoms with Crippen LogP contribution in [0.5, 0.6) is 0 Å². The molecule has 3 heterocycles. The molecule has 4 rings (SSSR count). The van der Waals surface area contributed by atoms with Crippen molar-refractivity contribution in [2.24, 2.45) is 11.8 Å². The van der Waals surface area contributed by atoms with Crippen LogP contribution in [0.3, 0.4) is 0 Å². The molecule has 9 nitrogen and oxygen atoms in total. The summed E-state index contributed by atoms with van der Waals surface area (Å²) in [5, 5.41) is -0.557. The van der Waals surface area contributed by atoms with Crippen LogP contribution in [-0.2, 0) is 29.7 Å². The molecule has 0 saturated heterocycles. The average Bonchev–Trinajstić information content (AvgIpc) is 3.41. The molecule has 12 heteroatoms. The van der Waals surface area contributed by atoms with Crippen LogP contribution < -0.4 is 10.0 Å². The molecule has 3 atom stereocenters. The molecular formula is C34H46F2N6O3S. The summed E-state index contributed by atoms with van der Waals surface area (Å²) in [5.74, 6) is 1.19.